The fourth-order valence-corrected chi connectivity index (χ4v) is 1.86. The van der Waals surface area contributed by atoms with E-state index in [1.165, 1.54) is 0 Å². The van der Waals surface area contributed by atoms with Crippen LogP contribution >= 0.6 is 0 Å². The summed E-state index contributed by atoms with van der Waals surface area (Å²) in [6, 6.07) is 0. The van der Waals surface area contributed by atoms with E-state index >= 15 is 0 Å². The molecular weight excluding hydrogens is 252 g/mol. The minimum Gasteiger partial charge on any atom is -0.394 e. The summed E-state index contributed by atoms with van der Waals surface area (Å²) in [6.07, 6.45) is 0.953. The highest BCUT2D eigenvalue weighted by Crippen LogP contribution is 2.21. The molecule has 0 aliphatic carbocycles. The van der Waals surface area contributed by atoms with Crippen molar-refractivity contribution in [3.63, 3.8) is 0 Å². The highest BCUT2D eigenvalue weighted by atomic mass is 16.7. The number of allylic oxidation sites excluding steroid dienone is 1. The zero-order valence-electron chi connectivity index (χ0n) is 11.2. The third-order valence-corrected chi connectivity index (χ3v) is 3.10. The lowest BCUT2D eigenvalue weighted by atomic mass is 9.99. The largest absolute Gasteiger partial charge is 0.394 e. The third kappa shape index (κ3) is 4.83. The first kappa shape index (κ1) is 16.6. The van der Waals surface area contributed by atoms with Crippen molar-refractivity contribution in [3.05, 3.63) is 12.2 Å². The smallest absolute Gasteiger partial charge is 0.187 e. The van der Waals surface area contributed by atoms with Crippen LogP contribution in [0.5, 0.6) is 0 Å². The molecule has 1 aliphatic heterocycles. The Morgan fingerprint density at radius 3 is 2.47 bits per heavy atom. The van der Waals surface area contributed by atoms with Crippen LogP contribution in [0.2, 0.25) is 0 Å². The van der Waals surface area contributed by atoms with Crippen LogP contribution < -0.4 is 0 Å². The van der Waals surface area contributed by atoms with Gasteiger partial charge in [-0.2, -0.15) is 0 Å². The summed E-state index contributed by atoms with van der Waals surface area (Å²) < 4.78 is 10.5. The summed E-state index contributed by atoms with van der Waals surface area (Å²) in [7, 11) is 0. The maximum Gasteiger partial charge on any atom is 0.187 e. The summed E-state index contributed by atoms with van der Waals surface area (Å²) in [5.41, 5.74) is 0. The van der Waals surface area contributed by atoms with Crippen LogP contribution in [0.25, 0.3) is 0 Å². The number of rotatable bonds is 7. The third-order valence-electron chi connectivity index (χ3n) is 3.10. The maximum absolute atomic E-state index is 9.70. The van der Waals surface area contributed by atoms with Crippen LogP contribution in [0.3, 0.4) is 0 Å². The van der Waals surface area contributed by atoms with Gasteiger partial charge < -0.3 is 29.9 Å². The van der Waals surface area contributed by atoms with E-state index in [1.807, 2.05) is 12.2 Å². The lowest BCUT2D eigenvalue weighted by Gasteiger charge is -2.39. The van der Waals surface area contributed by atoms with Crippen molar-refractivity contribution < 1.29 is 29.9 Å². The molecule has 0 bridgehead atoms. The quantitative estimate of drug-likeness (QED) is 0.371. The molecule has 1 fully saturated rings. The van der Waals surface area contributed by atoms with Crippen molar-refractivity contribution in [3.8, 4) is 0 Å². The first-order valence-electron chi connectivity index (χ1n) is 6.69. The number of ether oxygens (including phenoxy) is 2. The zero-order chi connectivity index (χ0) is 14.3. The molecule has 5 atom stereocenters. The highest BCUT2D eigenvalue weighted by molar-refractivity contribution is 4.89. The predicted octanol–water partition coefficient (Wildman–Crippen LogP) is -0.451. The van der Waals surface area contributed by atoms with Gasteiger partial charge in [-0.05, 0) is 6.42 Å². The molecule has 0 amide bonds. The van der Waals surface area contributed by atoms with Crippen LogP contribution in [0.4, 0.5) is 0 Å². The molecule has 0 unspecified atom stereocenters. The molecule has 4 N–H and O–H groups in total. The second-order valence-corrected chi connectivity index (χ2v) is 4.64. The maximum atomic E-state index is 9.70. The standard InChI is InChI=1S/C13H24O6/c1-2-3-4-5-6-7-18-13-12(17)11(16)10(15)9(8-14)19-13/h5-6,9-17H,2-4,7-8H2,1H3/b6-5+/t9-,10+,11+,12-,13-/m1/s1. The van der Waals surface area contributed by atoms with Gasteiger partial charge >= 0.3 is 0 Å². The van der Waals surface area contributed by atoms with E-state index < -0.39 is 37.3 Å². The second kappa shape index (κ2) is 8.63. The molecule has 19 heavy (non-hydrogen) atoms. The van der Waals surface area contributed by atoms with Gasteiger partial charge in [0.15, 0.2) is 6.29 Å². The van der Waals surface area contributed by atoms with E-state index in [2.05, 4.69) is 6.92 Å². The molecule has 1 heterocycles. The van der Waals surface area contributed by atoms with Crippen LogP contribution in [-0.4, -0.2) is 64.3 Å². The van der Waals surface area contributed by atoms with Gasteiger partial charge in [-0.1, -0.05) is 31.9 Å². The first-order valence-corrected chi connectivity index (χ1v) is 6.69. The predicted molar refractivity (Wildman–Crippen MR) is 68.4 cm³/mol. The average Bonchev–Trinajstić information content (AvgIpc) is 2.42. The fourth-order valence-electron chi connectivity index (χ4n) is 1.86. The molecular formula is C13H24O6. The van der Waals surface area contributed by atoms with Gasteiger partial charge in [0.2, 0.25) is 0 Å². The normalized spacial score (nSPS) is 35.9. The SMILES string of the molecule is CCCC/C=C/CO[C@@H]1O[C@H](CO)[C@H](O)[C@H](O)[C@H]1O. The summed E-state index contributed by atoms with van der Waals surface area (Å²) in [6.45, 7) is 1.90. The number of hydrogen-bond donors (Lipinski definition) is 4. The van der Waals surface area contributed by atoms with Gasteiger partial charge in [0.1, 0.15) is 24.4 Å². The van der Waals surface area contributed by atoms with Gasteiger partial charge in [-0.3, -0.25) is 0 Å². The topological polar surface area (TPSA) is 99.4 Å². The Balaban J connectivity index is 2.37. The molecule has 0 saturated carbocycles. The molecule has 1 aliphatic rings. The van der Waals surface area contributed by atoms with E-state index in [4.69, 9.17) is 14.6 Å². The number of hydrogen-bond acceptors (Lipinski definition) is 6. The van der Waals surface area contributed by atoms with Crippen molar-refractivity contribution in [1.29, 1.82) is 0 Å². The van der Waals surface area contributed by atoms with Gasteiger partial charge in [0.05, 0.1) is 13.2 Å². The Hall–Kier alpha value is -0.500. The molecule has 0 radical (unpaired) electrons. The number of aliphatic hydroxyl groups is 4. The Morgan fingerprint density at radius 2 is 1.84 bits per heavy atom. The van der Waals surface area contributed by atoms with Crippen molar-refractivity contribution in [2.45, 2.75) is 56.9 Å². The number of unbranched alkanes of at least 4 members (excludes halogenated alkanes) is 2. The van der Waals surface area contributed by atoms with Gasteiger partial charge in [0, 0.05) is 0 Å². The van der Waals surface area contributed by atoms with Crippen LogP contribution in [0.1, 0.15) is 26.2 Å². The van der Waals surface area contributed by atoms with Crippen molar-refractivity contribution in [1.82, 2.24) is 0 Å². The summed E-state index contributed by atoms with van der Waals surface area (Å²) >= 11 is 0. The van der Waals surface area contributed by atoms with Gasteiger partial charge in [0.25, 0.3) is 0 Å². The molecule has 0 spiro atoms. The van der Waals surface area contributed by atoms with Gasteiger partial charge in [-0.15, -0.1) is 0 Å². The summed E-state index contributed by atoms with van der Waals surface area (Å²) in [5.74, 6) is 0. The van der Waals surface area contributed by atoms with Crippen molar-refractivity contribution >= 4 is 0 Å². The molecule has 0 aromatic rings. The zero-order valence-corrected chi connectivity index (χ0v) is 11.2. The van der Waals surface area contributed by atoms with Crippen LogP contribution in [-0.2, 0) is 9.47 Å². The van der Waals surface area contributed by atoms with Crippen LogP contribution in [0, 0.1) is 0 Å². The monoisotopic (exact) mass is 276 g/mol. The molecule has 0 aromatic carbocycles. The molecule has 6 heteroatoms. The Labute approximate surface area is 113 Å². The fraction of sp³-hybridized carbons (Fsp3) is 0.846. The summed E-state index contributed by atoms with van der Waals surface area (Å²) in [4.78, 5) is 0. The van der Waals surface area contributed by atoms with E-state index in [1.54, 1.807) is 0 Å². The minimum atomic E-state index is -1.39. The molecule has 1 saturated heterocycles. The molecule has 112 valence electrons. The van der Waals surface area contributed by atoms with Gasteiger partial charge in [-0.25, -0.2) is 0 Å². The molecule has 6 nitrogen and oxygen atoms in total. The first-order chi connectivity index (χ1) is 9.11. The van der Waals surface area contributed by atoms with Crippen molar-refractivity contribution in [2.24, 2.45) is 0 Å². The molecule has 1 rings (SSSR count). The van der Waals surface area contributed by atoms with Crippen molar-refractivity contribution in [2.75, 3.05) is 13.2 Å². The average molecular weight is 276 g/mol. The second-order valence-electron chi connectivity index (χ2n) is 4.64. The Bertz CT molecular complexity index is 268. The van der Waals surface area contributed by atoms with E-state index in [-0.39, 0.29) is 6.61 Å². The lowest BCUT2D eigenvalue weighted by molar-refractivity contribution is -0.298. The van der Waals surface area contributed by atoms with Crippen LogP contribution in [0.15, 0.2) is 12.2 Å². The lowest BCUT2D eigenvalue weighted by Crippen LogP contribution is -2.59. The Morgan fingerprint density at radius 1 is 1.11 bits per heavy atom. The Kier molecular flexibility index (Phi) is 7.52. The summed E-state index contributed by atoms with van der Waals surface area (Å²) in [5, 5.41) is 37.8. The van der Waals surface area contributed by atoms with E-state index in [0.29, 0.717) is 0 Å². The highest BCUT2D eigenvalue weighted by Gasteiger charge is 2.43. The van der Waals surface area contributed by atoms with E-state index in [9.17, 15) is 15.3 Å². The molecule has 0 aromatic heterocycles. The number of aliphatic hydroxyl groups excluding tert-OH is 4. The minimum absolute atomic E-state index is 0.242. The van der Waals surface area contributed by atoms with E-state index in [0.717, 1.165) is 19.3 Å².